The molecule has 0 aliphatic carbocycles. The maximum absolute atomic E-state index is 15.5. The molecule has 1 aromatic carbocycles. The lowest BCUT2D eigenvalue weighted by Gasteiger charge is -2.34. The largest absolute Gasteiger partial charge is 0.737 e. The van der Waals surface area contributed by atoms with Crippen LogP contribution >= 0.6 is 11.6 Å². The number of halogens is 3. The smallest absolute Gasteiger partial charge is 0.393 e. The van der Waals surface area contributed by atoms with Gasteiger partial charge in [0.1, 0.15) is 5.71 Å². The molecule has 6 heteroatoms. The fourth-order valence-corrected chi connectivity index (χ4v) is 4.50. The van der Waals surface area contributed by atoms with Gasteiger partial charge in [0.15, 0.2) is 5.70 Å². The molecular formula is C20H20BClF2N2. The first-order valence-corrected chi connectivity index (χ1v) is 9.06. The van der Waals surface area contributed by atoms with E-state index in [1.54, 1.807) is 13.8 Å². The van der Waals surface area contributed by atoms with Crippen LogP contribution in [0, 0.1) is 20.8 Å². The van der Waals surface area contributed by atoms with Crippen molar-refractivity contribution < 1.29 is 13.1 Å². The van der Waals surface area contributed by atoms with Crippen LogP contribution in [-0.4, -0.2) is 21.6 Å². The number of nitrogens with zero attached hydrogens (tertiary/aromatic N) is 2. The van der Waals surface area contributed by atoms with Crippen LogP contribution in [0.4, 0.5) is 8.63 Å². The van der Waals surface area contributed by atoms with Gasteiger partial charge in [-0.25, -0.2) is 0 Å². The fraction of sp³-hybridized carbons (Fsp3) is 0.250. The number of hydrogen-bond acceptors (Lipinski definition) is 0. The molecule has 0 radical (unpaired) electrons. The summed E-state index contributed by atoms with van der Waals surface area (Å²) in [6, 6.07) is 7.61. The van der Waals surface area contributed by atoms with E-state index < -0.39 is 6.97 Å². The van der Waals surface area contributed by atoms with Crippen LogP contribution in [0.15, 0.2) is 41.6 Å². The molecule has 3 heterocycles. The summed E-state index contributed by atoms with van der Waals surface area (Å²) < 4.78 is 33.5. The Labute approximate surface area is 157 Å². The van der Waals surface area contributed by atoms with E-state index in [1.165, 1.54) is 8.96 Å². The highest BCUT2D eigenvalue weighted by molar-refractivity contribution is 6.58. The molecule has 4 rings (SSSR count). The van der Waals surface area contributed by atoms with E-state index in [9.17, 15) is 0 Å². The second kappa shape index (κ2) is 5.43. The monoisotopic (exact) mass is 372 g/mol. The molecule has 2 aromatic rings. The first-order valence-electron chi connectivity index (χ1n) is 8.68. The summed E-state index contributed by atoms with van der Waals surface area (Å²) >= 11 is 6.36. The number of benzene rings is 1. The fourth-order valence-electron chi connectivity index (χ4n) is 4.32. The van der Waals surface area contributed by atoms with Crippen molar-refractivity contribution in [3.63, 3.8) is 0 Å². The lowest BCUT2D eigenvalue weighted by Crippen LogP contribution is -2.51. The van der Waals surface area contributed by atoms with Crippen molar-refractivity contribution in [2.45, 2.75) is 34.6 Å². The Kier molecular flexibility index (Phi) is 3.61. The van der Waals surface area contributed by atoms with Gasteiger partial charge in [-0.1, -0.05) is 23.7 Å². The molecule has 134 valence electrons. The lowest BCUT2D eigenvalue weighted by atomic mass is 9.83. The van der Waals surface area contributed by atoms with Gasteiger partial charge in [-0.2, -0.15) is 0 Å². The van der Waals surface area contributed by atoms with Gasteiger partial charge in [0, 0.05) is 29.3 Å². The molecule has 2 nitrogen and oxygen atoms in total. The summed E-state index contributed by atoms with van der Waals surface area (Å²) in [7, 11) is 0. The quantitative estimate of drug-likeness (QED) is 0.584. The van der Waals surface area contributed by atoms with Crippen LogP contribution < -0.4 is 0 Å². The number of rotatable bonds is 1. The molecule has 0 amide bonds. The van der Waals surface area contributed by atoms with Crippen molar-refractivity contribution >= 4 is 29.9 Å². The Morgan fingerprint density at radius 1 is 1.00 bits per heavy atom. The molecule has 0 N–H and O–H groups in total. The van der Waals surface area contributed by atoms with Gasteiger partial charge in [0.25, 0.3) is 0 Å². The molecule has 26 heavy (non-hydrogen) atoms. The summed E-state index contributed by atoms with van der Waals surface area (Å²) in [5.41, 5.74) is 6.63. The minimum absolute atomic E-state index is 0.564. The third kappa shape index (κ3) is 2.13. The van der Waals surface area contributed by atoms with Crippen LogP contribution in [0.3, 0.4) is 0 Å². The van der Waals surface area contributed by atoms with E-state index in [-0.39, 0.29) is 0 Å². The minimum atomic E-state index is -3.94. The van der Waals surface area contributed by atoms with Gasteiger partial charge >= 0.3 is 6.97 Å². The average Bonchev–Trinajstić information content (AvgIpc) is 3.01. The second-order valence-corrected chi connectivity index (χ2v) is 7.71. The van der Waals surface area contributed by atoms with Crippen molar-refractivity contribution in [3.8, 4) is 0 Å². The highest BCUT2D eigenvalue weighted by Gasteiger charge is 2.55. The van der Waals surface area contributed by atoms with E-state index in [4.69, 9.17) is 11.6 Å². The second-order valence-electron chi connectivity index (χ2n) is 7.30. The van der Waals surface area contributed by atoms with Gasteiger partial charge in [-0.05, 0) is 62.2 Å². The van der Waals surface area contributed by atoms with Crippen molar-refractivity contribution in [1.29, 1.82) is 0 Å². The molecule has 2 aliphatic rings. The highest BCUT2D eigenvalue weighted by Crippen LogP contribution is 2.44. The molecule has 0 fully saturated rings. The maximum Gasteiger partial charge on any atom is 0.737 e. The van der Waals surface area contributed by atoms with Crippen molar-refractivity contribution in [3.05, 3.63) is 74.7 Å². The van der Waals surface area contributed by atoms with E-state index in [0.29, 0.717) is 27.8 Å². The Hall–Kier alpha value is -2.14. The molecule has 0 saturated carbocycles. The van der Waals surface area contributed by atoms with Gasteiger partial charge < -0.3 is 17.6 Å². The standard InChI is InChI=1S/C20H20BClF2N2/c1-11-6-7-16(10-17(11)22)18-19-12(2)8-14(4)25(19)21(23,24)26-15(5)9-13(3)20(18)26/h6-10H,1-5H3. The Bertz CT molecular complexity index is 1070. The normalized spacial score (nSPS) is 18.2. The molecule has 0 unspecified atom stereocenters. The third-order valence-corrected chi connectivity index (χ3v) is 5.80. The first-order chi connectivity index (χ1) is 12.1. The number of aryl methyl sites for hydroxylation is 3. The number of allylic oxidation sites excluding steroid dienone is 2. The zero-order valence-corrected chi connectivity index (χ0v) is 16.2. The van der Waals surface area contributed by atoms with Crippen molar-refractivity contribution in [1.82, 2.24) is 4.48 Å². The van der Waals surface area contributed by atoms with Crippen LogP contribution in [0.5, 0.6) is 0 Å². The van der Waals surface area contributed by atoms with Gasteiger partial charge in [-0.3, -0.25) is 0 Å². The molecule has 0 spiro atoms. The maximum atomic E-state index is 15.5. The van der Waals surface area contributed by atoms with Crippen LogP contribution in [0.2, 0.25) is 5.02 Å². The van der Waals surface area contributed by atoms with Gasteiger partial charge in [0.05, 0.1) is 5.57 Å². The predicted molar refractivity (Wildman–Crippen MR) is 104 cm³/mol. The summed E-state index contributed by atoms with van der Waals surface area (Å²) in [4.78, 5) is 0. The number of fused-ring (bicyclic) bond motifs is 2. The molecule has 0 saturated heterocycles. The highest BCUT2D eigenvalue weighted by atomic mass is 35.5. The lowest BCUT2D eigenvalue weighted by molar-refractivity contribution is -0.363. The first kappa shape index (κ1) is 17.3. The summed E-state index contributed by atoms with van der Waals surface area (Å²) in [6.45, 7) is 5.25. The van der Waals surface area contributed by atoms with E-state index in [1.807, 2.05) is 51.1 Å². The van der Waals surface area contributed by atoms with Gasteiger partial charge in [0.2, 0.25) is 0 Å². The molecule has 0 bridgehead atoms. The molecular weight excluding hydrogens is 352 g/mol. The van der Waals surface area contributed by atoms with Crippen LogP contribution in [0.25, 0.3) is 5.57 Å². The Morgan fingerprint density at radius 2 is 1.69 bits per heavy atom. The Balaban J connectivity index is 2.17. The van der Waals surface area contributed by atoms with Crippen LogP contribution in [-0.2, 0) is 0 Å². The predicted octanol–water partition coefficient (Wildman–Crippen LogP) is 5.50. The molecule has 1 aromatic heterocycles. The number of aromatic nitrogens is 1. The summed E-state index contributed by atoms with van der Waals surface area (Å²) in [5.74, 6) is 0. The van der Waals surface area contributed by atoms with Gasteiger partial charge in [-0.15, -0.1) is 0 Å². The van der Waals surface area contributed by atoms with E-state index >= 15 is 8.63 Å². The van der Waals surface area contributed by atoms with E-state index in [2.05, 4.69) is 0 Å². The van der Waals surface area contributed by atoms with Crippen molar-refractivity contribution in [2.24, 2.45) is 0 Å². The third-order valence-electron chi connectivity index (χ3n) is 5.40. The zero-order valence-electron chi connectivity index (χ0n) is 15.5. The Morgan fingerprint density at radius 3 is 2.35 bits per heavy atom. The summed E-state index contributed by atoms with van der Waals surface area (Å²) in [6.07, 6.45) is 1.83. The zero-order chi connectivity index (χ0) is 19.0. The SMILES string of the molecule is CC1=CC(C)=[N+]2C1=C(c1ccc(C)c(Cl)c1)c1c(C)cc(C)n1[B-]2(F)F. The average molecular weight is 373 g/mol. The van der Waals surface area contributed by atoms with Crippen molar-refractivity contribution in [2.75, 3.05) is 0 Å². The topological polar surface area (TPSA) is 7.94 Å². The van der Waals surface area contributed by atoms with E-state index in [0.717, 1.165) is 27.8 Å². The number of hydrogen-bond donors (Lipinski definition) is 0. The molecule has 2 aliphatic heterocycles. The summed E-state index contributed by atoms with van der Waals surface area (Å²) in [5, 5.41) is 0.637. The molecule has 0 atom stereocenters. The van der Waals surface area contributed by atoms with Crippen LogP contribution in [0.1, 0.15) is 41.9 Å². The minimum Gasteiger partial charge on any atom is -0.393 e.